The van der Waals surface area contributed by atoms with Crippen LogP contribution in [-0.4, -0.2) is 7.05 Å². The molecule has 2 aromatic rings. The Labute approximate surface area is 136 Å². The van der Waals surface area contributed by atoms with Crippen LogP contribution in [0.2, 0.25) is 0 Å². The van der Waals surface area contributed by atoms with Crippen molar-refractivity contribution in [1.82, 2.24) is 0 Å². The van der Waals surface area contributed by atoms with Crippen molar-refractivity contribution < 1.29 is 4.74 Å². The molecule has 0 atom stereocenters. The van der Waals surface area contributed by atoms with Gasteiger partial charge in [-0.25, -0.2) is 0 Å². The Balaban J connectivity index is 2.02. The highest BCUT2D eigenvalue weighted by Gasteiger charge is 2.26. The largest absolute Gasteiger partial charge is 0.456 e. The fraction of sp³-hybridized carbons (Fsp3) is 0.143. The van der Waals surface area contributed by atoms with E-state index in [1.807, 2.05) is 7.05 Å². The Hall–Kier alpha value is -2.74. The monoisotopic (exact) mass is 301 g/mol. The smallest absolute Gasteiger partial charge is 0.137 e. The quantitative estimate of drug-likeness (QED) is 0.835. The van der Waals surface area contributed by atoms with Crippen LogP contribution in [0.15, 0.2) is 72.0 Å². The van der Waals surface area contributed by atoms with Crippen LogP contribution in [0.3, 0.4) is 0 Å². The second-order valence-electron chi connectivity index (χ2n) is 5.87. The molecule has 114 valence electrons. The van der Waals surface area contributed by atoms with Crippen LogP contribution in [0.5, 0.6) is 5.75 Å². The Kier molecular flexibility index (Phi) is 3.30. The predicted molar refractivity (Wildman–Crippen MR) is 95.7 cm³/mol. The van der Waals surface area contributed by atoms with Crippen molar-refractivity contribution in [2.24, 2.45) is 0 Å². The Morgan fingerprint density at radius 3 is 2.74 bits per heavy atom. The number of fused-ring (bicyclic) bond motifs is 2. The lowest BCUT2D eigenvalue weighted by Crippen LogP contribution is -2.12. The van der Waals surface area contributed by atoms with Crippen LogP contribution in [0, 0.1) is 6.92 Å². The first kappa shape index (κ1) is 13.9. The van der Waals surface area contributed by atoms with Crippen molar-refractivity contribution in [3.63, 3.8) is 0 Å². The maximum atomic E-state index is 6.18. The number of ether oxygens (including phenoxy) is 1. The van der Waals surface area contributed by atoms with Gasteiger partial charge in [-0.2, -0.15) is 0 Å². The van der Waals surface area contributed by atoms with Gasteiger partial charge in [0.2, 0.25) is 0 Å². The highest BCUT2D eigenvalue weighted by atomic mass is 16.5. The summed E-state index contributed by atoms with van der Waals surface area (Å²) < 4.78 is 6.18. The van der Waals surface area contributed by atoms with E-state index in [-0.39, 0.29) is 0 Å². The molecule has 0 bridgehead atoms. The van der Waals surface area contributed by atoms with Crippen molar-refractivity contribution in [3.05, 3.63) is 88.7 Å². The van der Waals surface area contributed by atoms with Crippen LogP contribution >= 0.6 is 0 Å². The number of allylic oxidation sites excluding steroid dienone is 3. The summed E-state index contributed by atoms with van der Waals surface area (Å²) in [5.74, 6) is 1.88. The number of aryl methyl sites for hydroxylation is 1. The third kappa shape index (κ3) is 2.27. The van der Waals surface area contributed by atoms with Gasteiger partial charge in [-0.1, -0.05) is 36.4 Å². The summed E-state index contributed by atoms with van der Waals surface area (Å²) in [6, 6.07) is 14.9. The lowest BCUT2D eigenvalue weighted by molar-refractivity contribution is 0.430. The minimum Gasteiger partial charge on any atom is -0.456 e. The molecular formula is C21H19NO. The van der Waals surface area contributed by atoms with Crippen LogP contribution in [0.25, 0.3) is 5.57 Å². The molecule has 1 aliphatic carbocycles. The average molecular weight is 301 g/mol. The number of rotatable bonds is 2. The summed E-state index contributed by atoms with van der Waals surface area (Å²) in [7, 11) is 1.93. The zero-order valence-corrected chi connectivity index (χ0v) is 13.4. The Morgan fingerprint density at radius 1 is 1.04 bits per heavy atom. The summed E-state index contributed by atoms with van der Waals surface area (Å²) in [4.78, 5) is 0. The van der Waals surface area contributed by atoms with Gasteiger partial charge in [-0.05, 0) is 42.7 Å². The molecular weight excluding hydrogens is 282 g/mol. The summed E-state index contributed by atoms with van der Waals surface area (Å²) in [6.07, 6.45) is 7.45. The zero-order valence-electron chi connectivity index (χ0n) is 13.4. The highest BCUT2D eigenvalue weighted by Crippen LogP contribution is 2.44. The maximum Gasteiger partial charge on any atom is 0.137 e. The second-order valence-corrected chi connectivity index (χ2v) is 5.87. The molecule has 0 spiro atoms. The molecule has 1 aliphatic heterocycles. The van der Waals surface area contributed by atoms with Crippen LogP contribution < -0.4 is 10.1 Å². The van der Waals surface area contributed by atoms with Gasteiger partial charge in [-0.15, -0.1) is 0 Å². The van der Waals surface area contributed by atoms with Gasteiger partial charge >= 0.3 is 0 Å². The lowest BCUT2D eigenvalue weighted by atomic mass is 9.86. The van der Waals surface area contributed by atoms with Gasteiger partial charge in [0.25, 0.3) is 0 Å². The Morgan fingerprint density at radius 2 is 1.91 bits per heavy atom. The third-order valence-electron chi connectivity index (χ3n) is 4.43. The van der Waals surface area contributed by atoms with Gasteiger partial charge in [0.05, 0.1) is 0 Å². The number of benzene rings is 2. The molecule has 0 unspecified atom stereocenters. The number of nitrogens with one attached hydrogen (secondary N) is 1. The molecule has 2 heteroatoms. The van der Waals surface area contributed by atoms with Crippen LogP contribution in [-0.2, 0) is 0 Å². The van der Waals surface area contributed by atoms with E-state index < -0.39 is 0 Å². The predicted octanol–water partition coefficient (Wildman–Crippen LogP) is 5.07. The van der Waals surface area contributed by atoms with Crippen molar-refractivity contribution in [1.29, 1.82) is 0 Å². The fourth-order valence-corrected chi connectivity index (χ4v) is 3.23. The Bertz CT molecular complexity index is 871. The van der Waals surface area contributed by atoms with Gasteiger partial charge in [-0.3, -0.25) is 0 Å². The fourth-order valence-electron chi connectivity index (χ4n) is 3.23. The SMILES string of the molecule is CNc1ccc2c(c1)OC1=CCC=CC1=C2c1ccccc1C. The molecule has 1 heterocycles. The molecule has 23 heavy (non-hydrogen) atoms. The van der Waals surface area contributed by atoms with Crippen LogP contribution in [0.4, 0.5) is 5.69 Å². The first-order valence-electron chi connectivity index (χ1n) is 7.95. The summed E-state index contributed by atoms with van der Waals surface area (Å²) >= 11 is 0. The molecule has 0 fully saturated rings. The lowest BCUT2D eigenvalue weighted by Gasteiger charge is -2.27. The first-order valence-corrected chi connectivity index (χ1v) is 7.95. The molecule has 0 saturated carbocycles. The first-order chi connectivity index (χ1) is 11.3. The van der Waals surface area contributed by atoms with E-state index in [1.54, 1.807) is 0 Å². The van der Waals surface area contributed by atoms with Crippen LogP contribution in [0.1, 0.15) is 23.1 Å². The topological polar surface area (TPSA) is 21.3 Å². The standard InChI is InChI=1S/C21H19NO/c1-14-7-3-4-8-16(14)21-17-9-5-6-10-19(17)23-20-13-15(22-2)11-12-18(20)21/h3-5,7-13,22H,6H2,1-2H3. The maximum absolute atomic E-state index is 6.18. The molecule has 2 nitrogen and oxygen atoms in total. The van der Waals surface area contributed by atoms with E-state index in [0.717, 1.165) is 29.2 Å². The molecule has 0 radical (unpaired) electrons. The minimum absolute atomic E-state index is 0.917. The second kappa shape index (κ2) is 5.47. The zero-order chi connectivity index (χ0) is 15.8. The summed E-state index contributed by atoms with van der Waals surface area (Å²) in [5, 5.41) is 3.19. The van der Waals surface area contributed by atoms with E-state index in [0.29, 0.717) is 0 Å². The van der Waals surface area contributed by atoms with E-state index in [2.05, 4.69) is 72.9 Å². The van der Waals surface area contributed by atoms with Gasteiger partial charge in [0.1, 0.15) is 11.5 Å². The van der Waals surface area contributed by atoms with E-state index in [1.165, 1.54) is 22.3 Å². The highest BCUT2D eigenvalue weighted by molar-refractivity contribution is 5.92. The van der Waals surface area contributed by atoms with Crippen molar-refractivity contribution in [2.45, 2.75) is 13.3 Å². The summed E-state index contributed by atoms with van der Waals surface area (Å²) in [6.45, 7) is 2.16. The average Bonchev–Trinajstić information content (AvgIpc) is 2.60. The van der Waals surface area contributed by atoms with E-state index >= 15 is 0 Å². The third-order valence-corrected chi connectivity index (χ3v) is 4.43. The normalized spacial score (nSPS) is 15.5. The molecule has 2 aliphatic rings. The van der Waals surface area contributed by atoms with Gasteiger partial charge < -0.3 is 10.1 Å². The summed E-state index contributed by atoms with van der Waals surface area (Å²) in [5.41, 5.74) is 7.19. The van der Waals surface area contributed by atoms with Crippen molar-refractivity contribution in [2.75, 3.05) is 12.4 Å². The molecule has 0 amide bonds. The molecule has 0 aromatic heterocycles. The van der Waals surface area contributed by atoms with E-state index in [4.69, 9.17) is 4.74 Å². The number of hydrogen-bond donors (Lipinski definition) is 1. The molecule has 0 saturated heterocycles. The van der Waals surface area contributed by atoms with Crippen molar-refractivity contribution >= 4 is 11.3 Å². The molecule has 4 rings (SSSR count). The van der Waals surface area contributed by atoms with E-state index in [9.17, 15) is 0 Å². The number of anilines is 1. The van der Waals surface area contributed by atoms with Gasteiger partial charge in [0, 0.05) is 35.5 Å². The van der Waals surface area contributed by atoms with Gasteiger partial charge in [0.15, 0.2) is 0 Å². The minimum atomic E-state index is 0.917. The molecule has 2 aromatic carbocycles. The van der Waals surface area contributed by atoms with Crippen molar-refractivity contribution in [3.8, 4) is 5.75 Å². The molecule has 1 N–H and O–H groups in total. The number of hydrogen-bond acceptors (Lipinski definition) is 2.